The van der Waals surface area contributed by atoms with Crippen LogP contribution in [0.5, 0.6) is 0 Å². The summed E-state index contributed by atoms with van der Waals surface area (Å²) in [5, 5.41) is 0.852. The number of ether oxygens (including phenoxy) is 1. The van der Waals surface area contributed by atoms with Crippen LogP contribution in [0.3, 0.4) is 0 Å². The van der Waals surface area contributed by atoms with E-state index in [1.54, 1.807) is 4.90 Å². The molecule has 0 radical (unpaired) electrons. The van der Waals surface area contributed by atoms with Gasteiger partial charge in [0, 0.05) is 31.2 Å². The highest BCUT2D eigenvalue weighted by Gasteiger charge is 2.21. The minimum absolute atomic E-state index is 0.187. The van der Waals surface area contributed by atoms with Gasteiger partial charge in [-0.1, -0.05) is 29.8 Å². The Balaban J connectivity index is 1.67. The number of benzene rings is 1. The minimum Gasteiger partial charge on any atom is -0.450 e. The summed E-state index contributed by atoms with van der Waals surface area (Å²) < 4.78 is 5.02. The number of carbonyl (C=O) groups excluding carboxylic acids is 1. The van der Waals surface area contributed by atoms with Crippen molar-refractivity contribution in [2.45, 2.75) is 19.8 Å². The van der Waals surface area contributed by atoms with Gasteiger partial charge in [-0.15, -0.1) is 0 Å². The van der Waals surface area contributed by atoms with Crippen LogP contribution in [0.25, 0.3) is 0 Å². The van der Waals surface area contributed by atoms with Gasteiger partial charge in [0.25, 0.3) is 0 Å². The van der Waals surface area contributed by atoms with E-state index in [2.05, 4.69) is 11.0 Å². The molecule has 116 valence electrons. The van der Waals surface area contributed by atoms with Crippen LogP contribution in [0.4, 0.5) is 4.79 Å². The van der Waals surface area contributed by atoms with E-state index in [0.717, 1.165) is 50.6 Å². The molecule has 1 aliphatic heterocycles. The molecule has 5 heteroatoms. The maximum Gasteiger partial charge on any atom is 0.409 e. The molecule has 0 aliphatic carbocycles. The lowest BCUT2D eigenvalue weighted by molar-refractivity contribution is 0.0794. The molecular formula is C16H23ClN2O2. The molecule has 1 fully saturated rings. The highest BCUT2D eigenvalue weighted by atomic mass is 35.5. The quantitative estimate of drug-likeness (QED) is 0.838. The number of amides is 1. The first kappa shape index (κ1) is 16.1. The number of rotatable bonds is 5. The van der Waals surface area contributed by atoms with Crippen LogP contribution in [-0.2, 0) is 11.2 Å². The molecule has 0 aromatic heterocycles. The van der Waals surface area contributed by atoms with Crippen molar-refractivity contribution in [2.24, 2.45) is 0 Å². The number of carbonyl (C=O) groups is 1. The van der Waals surface area contributed by atoms with Gasteiger partial charge in [0.2, 0.25) is 0 Å². The molecule has 21 heavy (non-hydrogen) atoms. The third-order valence-electron chi connectivity index (χ3n) is 3.78. The Morgan fingerprint density at radius 1 is 1.24 bits per heavy atom. The second-order valence-electron chi connectivity index (χ2n) is 5.22. The molecule has 1 aliphatic rings. The SMILES string of the molecule is CCOC(=O)N1CCN(CCCc2ccccc2Cl)CC1. The van der Waals surface area contributed by atoms with Crippen LogP contribution < -0.4 is 0 Å². The molecule has 0 saturated carbocycles. The molecule has 1 heterocycles. The highest BCUT2D eigenvalue weighted by molar-refractivity contribution is 6.31. The summed E-state index contributed by atoms with van der Waals surface area (Å²) in [4.78, 5) is 15.8. The lowest BCUT2D eigenvalue weighted by Crippen LogP contribution is -2.49. The maximum absolute atomic E-state index is 11.6. The van der Waals surface area contributed by atoms with Crippen LogP contribution in [-0.4, -0.2) is 55.2 Å². The third-order valence-corrected chi connectivity index (χ3v) is 4.15. The zero-order valence-electron chi connectivity index (χ0n) is 12.6. The number of aryl methyl sites for hydroxylation is 1. The van der Waals surface area contributed by atoms with Crippen LogP contribution in [0.2, 0.25) is 5.02 Å². The largest absolute Gasteiger partial charge is 0.450 e. The summed E-state index contributed by atoms with van der Waals surface area (Å²) in [5.41, 5.74) is 1.21. The van der Waals surface area contributed by atoms with Gasteiger partial charge < -0.3 is 9.64 Å². The van der Waals surface area contributed by atoms with Crippen molar-refractivity contribution < 1.29 is 9.53 Å². The smallest absolute Gasteiger partial charge is 0.409 e. The van der Waals surface area contributed by atoms with E-state index in [4.69, 9.17) is 16.3 Å². The Morgan fingerprint density at radius 2 is 1.95 bits per heavy atom. The minimum atomic E-state index is -0.187. The second kappa shape index (κ2) is 8.25. The van der Waals surface area contributed by atoms with Gasteiger partial charge in [0.05, 0.1) is 6.61 Å². The van der Waals surface area contributed by atoms with Gasteiger partial charge in [-0.05, 0) is 37.9 Å². The Morgan fingerprint density at radius 3 is 2.62 bits per heavy atom. The fourth-order valence-corrected chi connectivity index (χ4v) is 2.79. The molecule has 0 N–H and O–H groups in total. The summed E-state index contributed by atoms with van der Waals surface area (Å²) in [6, 6.07) is 8.01. The number of hydrogen-bond donors (Lipinski definition) is 0. The number of nitrogens with zero attached hydrogens (tertiary/aromatic N) is 2. The van der Waals surface area contributed by atoms with Crippen molar-refractivity contribution in [3.8, 4) is 0 Å². The van der Waals surface area contributed by atoms with Gasteiger partial charge in [-0.2, -0.15) is 0 Å². The Bertz CT molecular complexity index is 459. The molecule has 4 nitrogen and oxygen atoms in total. The predicted octanol–water partition coefficient (Wildman–Crippen LogP) is 3.05. The fraction of sp³-hybridized carbons (Fsp3) is 0.562. The zero-order chi connectivity index (χ0) is 15.1. The number of halogens is 1. The van der Waals surface area contributed by atoms with E-state index in [-0.39, 0.29) is 6.09 Å². The lowest BCUT2D eigenvalue weighted by atomic mass is 10.1. The fourth-order valence-electron chi connectivity index (χ4n) is 2.56. The molecule has 1 aromatic carbocycles. The van der Waals surface area contributed by atoms with E-state index >= 15 is 0 Å². The third kappa shape index (κ3) is 4.90. The van der Waals surface area contributed by atoms with Crippen molar-refractivity contribution in [1.82, 2.24) is 9.80 Å². The predicted molar refractivity (Wildman–Crippen MR) is 84.8 cm³/mol. The van der Waals surface area contributed by atoms with Crippen molar-refractivity contribution in [1.29, 1.82) is 0 Å². The van der Waals surface area contributed by atoms with E-state index in [1.807, 2.05) is 25.1 Å². The highest BCUT2D eigenvalue weighted by Crippen LogP contribution is 2.17. The molecule has 0 spiro atoms. The molecule has 0 bridgehead atoms. The first-order valence-electron chi connectivity index (χ1n) is 7.58. The summed E-state index contributed by atoms with van der Waals surface area (Å²) in [6.07, 6.45) is 1.90. The maximum atomic E-state index is 11.6. The summed E-state index contributed by atoms with van der Waals surface area (Å²) in [6.45, 7) is 6.67. The average molecular weight is 311 g/mol. The monoisotopic (exact) mass is 310 g/mol. The topological polar surface area (TPSA) is 32.8 Å². The Kier molecular flexibility index (Phi) is 6.33. The van der Waals surface area contributed by atoms with Crippen LogP contribution >= 0.6 is 11.6 Å². The van der Waals surface area contributed by atoms with E-state index in [9.17, 15) is 4.79 Å². The Hall–Kier alpha value is -1.26. The van der Waals surface area contributed by atoms with Crippen LogP contribution in [0.15, 0.2) is 24.3 Å². The van der Waals surface area contributed by atoms with Crippen LogP contribution in [0, 0.1) is 0 Å². The zero-order valence-corrected chi connectivity index (χ0v) is 13.3. The second-order valence-corrected chi connectivity index (χ2v) is 5.63. The molecule has 0 atom stereocenters. The standard InChI is InChI=1S/C16H23ClN2O2/c1-2-21-16(20)19-12-10-18(11-13-19)9-5-7-14-6-3-4-8-15(14)17/h3-4,6,8H,2,5,7,9-13H2,1H3. The van der Waals surface area contributed by atoms with Crippen LogP contribution in [0.1, 0.15) is 18.9 Å². The van der Waals surface area contributed by atoms with Crippen molar-refractivity contribution >= 4 is 17.7 Å². The molecule has 1 aromatic rings. The van der Waals surface area contributed by atoms with E-state index in [1.165, 1.54) is 5.56 Å². The van der Waals surface area contributed by atoms with Crippen molar-refractivity contribution in [3.05, 3.63) is 34.9 Å². The first-order chi connectivity index (χ1) is 10.2. The number of piperazine rings is 1. The Labute approximate surface area is 131 Å². The number of hydrogen-bond acceptors (Lipinski definition) is 3. The van der Waals surface area contributed by atoms with E-state index < -0.39 is 0 Å². The van der Waals surface area contributed by atoms with E-state index in [0.29, 0.717) is 6.61 Å². The lowest BCUT2D eigenvalue weighted by Gasteiger charge is -2.34. The summed E-state index contributed by atoms with van der Waals surface area (Å²) >= 11 is 6.16. The van der Waals surface area contributed by atoms with Gasteiger partial charge in [-0.3, -0.25) is 4.90 Å². The summed E-state index contributed by atoms with van der Waals surface area (Å²) in [7, 11) is 0. The molecule has 2 rings (SSSR count). The van der Waals surface area contributed by atoms with Crippen molar-refractivity contribution in [3.63, 3.8) is 0 Å². The molecule has 0 unspecified atom stereocenters. The normalized spacial score (nSPS) is 16.0. The average Bonchev–Trinajstić information content (AvgIpc) is 2.50. The molecule has 1 amide bonds. The van der Waals surface area contributed by atoms with Gasteiger partial charge >= 0.3 is 6.09 Å². The van der Waals surface area contributed by atoms with Gasteiger partial charge in [0.15, 0.2) is 0 Å². The summed E-state index contributed by atoms with van der Waals surface area (Å²) in [5.74, 6) is 0. The van der Waals surface area contributed by atoms with Gasteiger partial charge in [-0.25, -0.2) is 4.79 Å². The van der Waals surface area contributed by atoms with Crippen molar-refractivity contribution in [2.75, 3.05) is 39.3 Å². The molecule has 1 saturated heterocycles. The first-order valence-corrected chi connectivity index (χ1v) is 7.96. The van der Waals surface area contributed by atoms with Gasteiger partial charge in [0.1, 0.15) is 0 Å². The molecular weight excluding hydrogens is 288 g/mol.